The van der Waals surface area contributed by atoms with Gasteiger partial charge in [0.15, 0.2) is 0 Å². The zero-order valence-electron chi connectivity index (χ0n) is 18.3. The van der Waals surface area contributed by atoms with Gasteiger partial charge in [-0.25, -0.2) is 9.59 Å². The van der Waals surface area contributed by atoms with Crippen LogP contribution in [0.3, 0.4) is 0 Å². The molecule has 1 rings (SSSR count). The van der Waals surface area contributed by atoms with Crippen LogP contribution in [0.1, 0.15) is 104 Å². The van der Waals surface area contributed by atoms with Gasteiger partial charge in [-0.15, -0.1) is 0 Å². The highest BCUT2D eigenvalue weighted by molar-refractivity contribution is 5.75. The molecule has 6 nitrogen and oxygen atoms in total. The Labute approximate surface area is 172 Å². The van der Waals surface area contributed by atoms with Gasteiger partial charge in [0, 0.05) is 13.1 Å². The van der Waals surface area contributed by atoms with Crippen LogP contribution in [0.25, 0.3) is 0 Å². The highest BCUT2D eigenvalue weighted by Gasteiger charge is 2.27. The maximum absolute atomic E-state index is 12.2. The maximum atomic E-state index is 12.2. The number of amides is 4. The van der Waals surface area contributed by atoms with E-state index in [1.54, 1.807) is 0 Å². The summed E-state index contributed by atoms with van der Waals surface area (Å²) in [5, 5.41) is 12.1. The Balaban J connectivity index is 2.21. The van der Waals surface area contributed by atoms with Gasteiger partial charge in [-0.3, -0.25) is 0 Å². The van der Waals surface area contributed by atoms with Gasteiger partial charge in [0.25, 0.3) is 0 Å². The topological polar surface area (TPSA) is 82.3 Å². The molecule has 1 saturated carbocycles. The third-order valence-corrected chi connectivity index (χ3v) is 5.53. The van der Waals surface area contributed by atoms with E-state index < -0.39 is 0 Å². The van der Waals surface area contributed by atoms with Crippen molar-refractivity contribution < 1.29 is 9.59 Å². The second-order valence-electron chi connectivity index (χ2n) is 8.13. The van der Waals surface area contributed by atoms with Crippen molar-refractivity contribution in [3.8, 4) is 0 Å². The Bertz CT molecular complexity index is 379. The Kier molecular flexibility index (Phi) is 14.5. The van der Waals surface area contributed by atoms with Gasteiger partial charge in [0.05, 0.1) is 12.1 Å². The van der Waals surface area contributed by atoms with Crippen molar-refractivity contribution >= 4 is 12.1 Å². The van der Waals surface area contributed by atoms with Crippen molar-refractivity contribution in [2.45, 2.75) is 116 Å². The number of urea groups is 2. The molecule has 0 radical (unpaired) electrons. The second kappa shape index (κ2) is 16.5. The van der Waals surface area contributed by atoms with Crippen molar-refractivity contribution in [3.63, 3.8) is 0 Å². The van der Waals surface area contributed by atoms with Gasteiger partial charge in [-0.1, -0.05) is 78.1 Å². The number of hydrogen-bond acceptors (Lipinski definition) is 2. The number of carbonyl (C=O) groups is 2. The molecule has 28 heavy (non-hydrogen) atoms. The molecule has 0 aliphatic heterocycles. The van der Waals surface area contributed by atoms with E-state index >= 15 is 0 Å². The molecule has 0 aromatic carbocycles. The number of carbonyl (C=O) groups excluding carboxylic acids is 2. The van der Waals surface area contributed by atoms with Gasteiger partial charge in [-0.05, 0) is 25.7 Å². The van der Waals surface area contributed by atoms with Gasteiger partial charge in [-0.2, -0.15) is 0 Å². The quantitative estimate of drug-likeness (QED) is 0.317. The Morgan fingerprint density at radius 2 is 1.04 bits per heavy atom. The Hall–Kier alpha value is -1.46. The zero-order chi connectivity index (χ0) is 20.5. The van der Waals surface area contributed by atoms with E-state index in [9.17, 15) is 9.59 Å². The molecule has 6 heteroatoms. The maximum Gasteiger partial charge on any atom is 0.315 e. The Morgan fingerprint density at radius 3 is 1.43 bits per heavy atom. The summed E-state index contributed by atoms with van der Waals surface area (Å²) in [7, 11) is 0. The molecule has 1 fully saturated rings. The summed E-state index contributed by atoms with van der Waals surface area (Å²) in [6.45, 7) is 5.85. The van der Waals surface area contributed by atoms with Crippen LogP contribution in [-0.2, 0) is 0 Å². The molecule has 0 aromatic heterocycles. The van der Waals surface area contributed by atoms with Crippen LogP contribution in [0.2, 0.25) is 0 Å². The lowest BCUT2D eigenvalue weighted by molar-refractivity contribution is 0.213. The lowest BCUT2D eigenvalue weighted by atomic mass is 9.90. The van der Waals surface area contributed by atoms with E-state index in [2.05, 4.69) is 35.1 Å². The first kappa shape index (κ1) is 24.6. The van der Waals surface area contributed by atoms with E-state index in [0.717, 1.165) is 51.6 Å². The summed E-state index contributed by atoms with van der Waals surface area (Å²) in [5.41, 5.74) is 0. The van der Waals surface area contributed by atoms with E-state index in [1.165, 1.54) is 51.4 Å². The summed E-state index contributed by atoms with van der Waals surface area (Å²) in [6.07, 6.45) is 15.9. The fourth-order valence-electron chi connectivity index (χ4n) is 3.78. The SMILES string of the molecule is CCCCCCCNC(=O)NC1CCCCC1NC(=O)NCCCCCCC. The van der Waals surface area contributed by atoms with Crippen LogP contribution < -0.4 is 21.3 Å². The molecule has 164 valence electrons. The number of hydrogen-bond donors (Lipinski definition) is 4. The van der Waals surface area contributed by atoms with Crippen LogP contribution in [0.5, 0.6) is 0 Å². The normalized spacial score (nSPS) is 19.1. The van der Waals surface area contributed by atoms with Crippen LogP contribution in [0.4, 0.5) is 9.59 Å². The van der Waals surface area contributed by atoms with E-state index in [-0.39, 0.29) is 24.1 Å². The van der Waals surface area contributed by atoms with Crippen LogP contribution >= 0.6 is 0 Å². The molecule has 0 aromatic rings. The first-order valence-electron chi connectivity index (χ1n) is 11.8. The second-order valence-corrected chi connectivity index (χ2v) is 8.13. The number of nitrogens with one attached hydrogen (secondary N) is 4. The van der Waals surface area contributed by atoms with Crippen molar-refractivity contribution in [1.82, 2.24) is 21.3 Å². The fraction of sp³-hybridized carbons (Fsp3) is 0.909. The minimum Gasteiger partial charge on any atom is -0.338 e. The van der Waals surface area contributed by atoms with Gasteiger partial charge in [0.2, 0.25) is 0 Å². The third kappa shape index (κ3) is 12.1. The Morgan fingerprint density at radius 1 is 0.643 bits per heavy atom. The van der Waals surface area contributed by atoms with E-state index in [0.29, 0.717) is 0 Å². The first-order chi connectivity index (χ1) is 13.7. The van der Waals surface area contributed by atoms with Crippen molar-refractivity contribution in [1.29, 1.82) is 0 Å². The molecular formula is C22H44N4O2. The van der Waals surface area contributed by atoms with Gasteiger partial charge < -0.3 is 21.3 Å². The largest absolute Gasteiger partial charge is 0.338 e. The molecule has 4 amide bonds. The van der Waals surface area contributed by atoms with E-state index in [1.807, 2.05) is 0 Å². The smallest absolute Gasteiger partial charge is 0.315 e. The lowest BCUT2D eigenvalue weighted by Crippen LogP contribution is -2.56. The molecule has 0 spiro atoms. The molecule has 4 N–H and O–H groups in total. The van der Waals surface area contributed by atoms with Crippen LogP contribution in [-0.4, -0.2) is 37.2 Å². The van der Waals surface area contributed by atoms with E-state index in [4.69, 9.17) is 0 Å². The van der Waals surface area contributed by atoms with Gasteiger partial charge >= 0.3 is 12.1 Å². The predicted molar refractivity (Wildman–Crippen MR) is 117 cm³/mol. The van der Waals surface area contributed by atoms with Crippen molar-refractivity contribution in [2.75, 3.05) is 13.1 Å². The first-order valence-corrected chi connectivity index (χ1v) is 11.8. The summed E-state index contributed by atoms with van der Waals surface area (Å²) < 4.78 is 0. The average molecular weight is 397 g/mol. The highest BCUT2D eigenvalue weighted by Crippen LogP contribution is 2.18. The van der Waals surface area contributed by atoms with Gasteiger partial charge in [0.1, 0.15) is 0 Å². The number of rotatable bonds is 14. The molecule has 2 unspecified atom stereocenters. The molecule has 2 atom stereocenters. The molecule has 0 saturated heterocycles. The molecule has 0 heterocycles. The molecular weight excluding hydrogens is 352 g/mol. The fourth-order valence-corrected chi connectivity index (χ4v) is 3.78. The lowest BCUT2D eigenvalue weighted by Gasteiger charge is -2.32. The van der Waals surface area contributed by atoms with Crippen molar-refractivity contribution in [2.24, 2.45) is 0 Å². The average Bonchev–Trinajstić information content (AvgIpc) is 2.69. The predicted octanol–water partition coefficient (Wildman–Crippen LogP) is 4.84. The molecule has 0 bridgehead atoms. The minimum absolute atomic E-state index is 0.0177. The molecule has 1 aliphatic carbocycles. The summed E-state index contributed by atoms with van der Waals surface area (Å²) >= 11 is 0. The number of unbranched alkanes of at least 4 members (excludes halogenated alkanes) is 8. The summed E-state index contributed by atoms with van der Waals surface area (Å²) in [5.74, 6) is 0. The minimum atomic E-state index is -0.106. The van der Waals surface area contributed by atoms with Crippen molar-refractivity contribution in [3.05, 3.63) is 0 Å². The molecule has 1 aliphatic rings. The monoisotopic (exact) mass is 396 g/mol. The van der Waals surface area contributed by atoms with Crippen LogP contribution in [0.15, 0.2) is 0 Å². The summed E-state index contributed by atoms with van der Waals surface area (Å²) in [6, 6.07) is -0.177. The summed E-state index contributed by atoms with van der Waals surface area (Å²) in [4.78, 5) is 24.4. The van der Waals surface area contributed by atoms with Crippen LogP contribution in [0, 0.1) is 0 Å². The highest BCUT2D eigenvalue weighted by atomic mass is 16.2. The standard InChI is InChI=1S/C22H44N4O2/c1-3-5-7-9-13-17-23-21(27)25-19-15-11-12-16-20(19)26-22(28)24-18-14-10-8-6-4-2/h19-20H,3-18H2,1-2H3,(H2,23,25,27)(H2,24,26,28). The third-order valence-electron chi connectivity index (χ3n) is 5.53. The zero-order valence-corrected chi connectivity index (χ0v) is 18.3.